The first-order valence-electron chi connectivity index (χ1n) is 15.3. The van der Waals surface area contributed by atoms with E-state index >= 15 is 0 Å². The first-order valence-corrected chi connectivity index (χ1v) is 15.3. The molecule has 6 atom stereocenters. The molecule has 1 aromatic carbocycles. The Kier molecular flexibility index (Phi) is 8.16. The average Bonchev–Trinajstić information content (AvgIpc) is 2.89. The van der Waals surface area contributed by atoms with Crippen LogP contribution >= 0.6 is 0 Å². The van der Waals surface area contributed by atoms with Crippen molar-refractivity contribution in [2.24, 2.45) is 28.9 Å². The maximum Gasteiger partial charge on any atom is 0.309 e. The Morgan fingerprint density at radius 3 is 2.31 bits per heavy atom. The Morgan fingerprint density at radius 2 is 1.78 bits per heavy atom. The van der Waals surface area contributed by atoms with Crippen LogP contribution in [0.4, 0.5) is 0 Å². The molecule has 1 aromatic rings. The number of aliphatic hydroxyl groups excluding tert-OH is 2. The van der Waals surface area contributed by atoms with Crippen LogP contribution in [-0.2, 0) is 30.5 Å². The SMILES string of the molecule is CC1c2ccc(CNCC(C)(C)C)c(O)c2C(O)=C2C(=O)[C@]3(O)C(O)=C(C(N)=O)C(=O)[C@@H](N(C)C)[C@@H]3[C@@H](OC(=O)C3CCC3)[C@@H]21. The van der Waals surface area contributed by atoms with Gasteiger partial charge >= 0.3 is 5.97 Å². The minimum Gasteiger partial charge on any atom is -0.508 e. The number of esters is 1. The Hall–Kier alpha value is -3.74. The number of phenolic OH excluding ortho intramolecular Hbond substituents is 1. The molecule has 1 amide bonds. The third kappa shape index (κ3) is 5.03. The zero-order valence-electron chi connectivity index (χ0n) is 26.5. The van der Waals surface area contributed by atoms with Crippen LogP contribution in [0.2, 0.25) is 0 Å². The summed E-state index contributed by atoms with van der Waals surface area (Å²) in [6.45, 7) is 8.80. The number of ketones is 2. The molecule has 5 rings (SSSR count). The molecule has 4 aliphatic carbocycles. The van der Waals surface area contributed by atoms with Crippen molar-refractivity contribution in [2.75, 3.05) is 20.6 Å². The van der Waals surface area contributed by atoms with E-state index < -0.39 is 82.0 Å². The van der Waals surface area contributed by atoms with E-state index in [1.54, 1.807) is 19.1 Å². The number of carbonyl (C=O) groups is 4. The van der Waals surface area contributed by atoms with Crippen LogP contribution in [-0.4, -0.2) is 87.2 Å². The molecule has 0 aromatic heterocycles. The van der Waals surface area contributed by atoms with Gasteiger partial charge in [0.25, 0.3) is 5.91 Å². The van der Waals surface area contributed by atoms with Gasteiger partial charge in [-0.3, -0.25) is 24.1 Å². The van der Waals surface area contributed by atoms with Crippen molar-refractivity contribution >= 4 is 29.2 Å². The molecule has 2 fully saturated rings. The largest absolute Gasteiger partial charge is 0.508 e. The number of benzene rings is 1. The van der Waals surface area contributed by atoms with Crippen LogP contribution in [0.5, 0.6) is 5.75 Å². The summed E-state index contributed by atoms with van der Waals surface area (Å²) in [7, 11) is 2.99. The second kappa shape index (κ2) is 11.3. The van der Waals surface area contributed by atoms with Gasteiger partial charge in [-0.15, -0.1) is 0 Å². The number of hydrogen-bond donors (Lipinski definition) is 6. The fraction of sp³-hybridized carbons (Fsp3) is 0.576. The number of carbonyl (C=O) groups excluding carboxylic acids is 4. The lowest BCUT2D eigenvalue weighted by Crippen LogP contribution is -2.71. The third-order valence-corrected chi connectivity index (χ3v) is 9.85. The van der Waals surface area contributed by atoms with Gasteiger partial charge in [-0.05, 0) is 43.8 Å². The van der Waals surface area contributed by atoms with Crippen LogP contribution < -0.4 is 11.1 Å². The maximum atomic E-state index is 14.5. The molecule has 2 saturated carbocycles. The number of primary amides is 1. The molecule has 45 heavy (non-hydrogen) atoms. The molecule has 1 unspecified atom stereocenters. The molecule has 4 aliphatic rings. The van der Waals surface area contributed by atoms with Crippen LogP contribution in [0, 0.1) is 23.2 Å². The van der Waals surface area contributed by atoms with Crippen LogP contribution in [0.3, 0.4) is 0 Å². The number of ether oxygens (including phenoxy) is 1. The Balaban J connectivity index is 1.73. The fourth-order valence-corrected chi connectivity index (χ4v) is 7.36. The Labute approximate surface area is 261 Å². The zero-order valence-corrected chi connectivity index (χ0v) is 26.5. The molecule has 0 heterocycles. The van der Waals surface area contributed by atoms with Gasteiger partial charge in [0.1, 0.15) is 28.9 Å². The van der Waals surface area contributed by atoms with E-state index in [0.717, 1.165) is 6.42 Å². The summed E-state index contributed by atoms with van der Waals surface area (Å²) in [5.74, 6) is -9.90. The summed E-state index contributed by atoms with van der Waals surface area (Å²) < 4.78 is 6.10. The second-order valence-electron chi connectivity index (χ2n) is 14.3. The molecule has 12 nitrogen and oxygen atoms in total. The van der Waals surface area contributed by atoms with Crippen molar-refractivity contribution in [3.63, 3.8) is 0 Å². The lowest BCUT2D eigenvalue weighted by Gasteiger charge is -2.54. The second-order valence-corrected chi connectivity index (χ2v) is 14.3. The molecule has 244 valence electrons. The fourth-order valence-electron chi connectivity index (χ4n) is 7.36. The maximum absolute atomic E-state index is 14.5. The first-order chi connectivity index (χ1) is 20.9. The topological polar surface area (TPSA) is 200 Å². The van der Waals surface area contributed by atoms with E-state index in [4.69, 9.17) is 10.5 Å². The van der Waals surface area contributed by atoms with E-state index in [-0.39, 0.29) is 28.8 Å². The van der Waals surface area contributed by atoms with E-state index in [1.807, 2.05) is 0 Å². The van der Waals surface area contributed by atoms with Gasteiger partial charge in [-0.1, -0.05) is 46.2 Å². The standard InChI is InChI=1S/C33H43N3O9/c1-14-17-11-10-16(12-35-13-32(2,3)4)24(37)19(17)25(38)20-18(14)27(45-31(43)15-8-7-9-15)22-23(36(5)6)26(39)21(30(34)42)29(41)33(22,44)28(20)40/h10-11,14-15,18,22-23,27,35,37-38,41,44H,7-9,12-13H2,1-6H3,(H2,34,42)/t14?,18-,22-,23+,27+,33+/m1/s1. The third-order valence-electron chi connectivity index (χ3n) is 9.85. The minimum atomic E-state index is -2.96. The van der Waals surface area contributed by atoms with Crippen molar-refractivity contribution < 1.29 is 44.3 Å². The number of amides is 1. The van der Waals surface area contributed by atoms with Gasteiger partial charge in [0.05, 0.1) is 23.4 Å². The molecule has 0 aliphatic heterocycles. The van der Waals surface area contributed by atoms with Crippen LogP contribution in [0.25, 0.3) is 5.76 Å². The molecule has 0 spiro atoms. The molecular formula is C33H43N3O9. The van der Waals surface area contributed by atoms with Crippen molar-refractivity contribution in [1.82, 2.24) is 10.2 Å². The Morgan fingerprint density at radius 1 is 1.13 bits per heavy atom. The minimum absolute atomic E-state index is 0.0158. The van der Waals surface area contributed by atoms with E-state index in [2.05, 4.69) is 26.1 Å². The monoisotopic (exact) mass is 625 g/mol. The van der Waals surface area contributed by atoms with E-state index in [0.29, 0.717) is 30.5 Å². The number of fused-ring (bicyclic) bond motifs is 3. The number of rotatable bonds is 7. The van der Waals surface area contributed by atoms with Crippen molar-refractivity contribution in [2.45, 2.75) is 77.2 Å². The quantitative estimate of drug-likeness (QED) is 0.191. The van der Waals surface area contributed by atoms with Gasteiger partial charge in [-0.25, -0.2) is 0 Å². The number of aromatic hydroxyl groups is 1. The normalized spacial score (nSPS) is 30.1. The van der Waals surface area contributed by atoms with Crippen LogP contribution in [0.15, 0.2) is 29.0 Å². The van der Waals surface area contributed by atoms with Gasteiger partial charge in [0.15, 0.2) is 11.4 Å². The summed E-state index contributed by atoms with van der Waals surface area (Å²) in [6, 6.07) is 2.04. The number of hydrogen-bond acceptors (Lipinski definition) is 11. The molecule has 7 N–H and O–H groups in total. The lowest BCUT2D eigenvalue weighted by molar-refractivity contribution is -0.189. The number of phenols is 1. The van der Waals surface area contributed by atoms with Gasteiger partial charge in [-0.2, -0.15) is 0 Å². The summed E-state index contributed by atoms with van der Waals surface area (Å²) in [5, 5.41) is 50.0. The van der Waals surface area contributed by atoms with Crippen molar-refractivity contribution in [1.29, 1.82) is 0 Å². The zero-order chi connectivity index (χ0) is 33.3. The number of nitrogens with zero attached hydrogens (tertiary/aromatic N) is 1. The summed E-state index contributed by atoms with van der Waals surface area (Å²) in [4.78, 5) is 55.3. The molecule has 0 bridgehead atoms. The number of likely N-dealkylation sites (N-methyl/N-ethyl adjacent to an activating group) is 1. The molecule has 0 radical (unpaired) electrons. The highest BCUT2D eigenvalue weighted by Crippen LogP contribution is 2.57. The number of aliphatic hydroxyl groups is 3. The average molecular weight is 626 g/mol. The smallest absolute Gasteiger partial charge is 0.309 e. The molecular weight excluding hydrogens is 582 g/mol. The predicted molar refractivity (Wildman–Crippen MR) is 163 cm³/mol. The first kappa shape index (κ1) is 32.6. The lowest BCUT2D eigenvalue weighted by atomic mass is 9.54. The number of nitrogens with one attached hydrogen (secondary N) is 1. The van der Waals surface area contributed by atoms with Gasteiger partial charge in [0, 0.05) is 30.1 Å². The summed E-state index contributed by atoms with van der Waals surface area (Å²) in [6.07, 6.45) is 0.600. The van der Waals surface area contributed by atoms with E-state index in [1.165, 1.54) is 19.0 Å². The van der Waals surface area contributed by atoms with E-state index in [9.17, 15) is 39.6 Å². The summed E-state index contributed by atoms with van der Waals surface area (Å²) in [5.41, 5.74) is 2.06. The number of Topliss-reactive ketones (excluding diaryl/α,β-unsaturated/α-hetero) is 2. The van der Waals surface area contributed by atoms with Crippen molar-refractivity contribution in [3.8, 4) is 5.75 Å². The number of nitrogens with two attached hydrogens (primary N) is 1. The highest BCUT2D eigenvalue weighted by atomic mass is 16.5. The molecule has 0 saturated heterocycles. The van der Waals surface area contributed by atoms with Gasteiger partial charge in [0.2, 0.25) is 5.78 Å². The summed E-state index contributed by atoms with van der Waals surface area (Å²) >= 11 is 0. The van der Waals surface area contributed by atoms with Crippen LogP contribution in [0.1, 0.15) is 69.6 Å². The molecule has 12 heteroatoms. The Bertz CT molecular complexity index is 1530. The van der Waals surface area contributed by atoms with Gasteiger partial charge < -0.3 is 36.2 Å². The predicted octanol–water partition coefficient (Wildman–Crippen LogP) is 1.98. The highest BCUT2D eigenvalue weighted by molar-refractivity contribution is 6.24. The van der Waals surface area contributed by atoms with Crippen molar-refractivity contribution in [3.05, 3.63) is 45.7 Å². The highest BCUT2D eigenvalue weighted by Gasteiger charge is 2.69.